The van der Waals surface area contributed by atoms with Crippen molar-refractivity contribution < 1.29 is 10.0 Å². The second-order valence-corrected chi connectivity index (χ2v) is 5.31. The lowest BCUT2D eigenvalue weighted by atomic mass is 10.1. The van der Waals surface area contributed by atoms with Crippen LogP contribution in [0.1, 0.15) is 21.6 Å². The number of nitrogen functional groups attached to an aromatic ring is 1. The predicted molar refractivity (Wildman–Crippen MR) is 90.6 cm³/mol. The third-order valence-electron chi connectivity index (χ3n) is 3.31. The fourth-order valence-electron chi connectivity index (χ4n) is 2.12. The molecule has 0 aliphatic rings. The number of fused-ring (bicyclic) bond motifs is 1. The number of anilines is 1. The quantitative estimate of drug-likeness (QED) is 0.359. The molecule has 0 saturated carbocycles. The molecule has 2 heterocycles. The SMILES string of the molecule is Nc1ncc2ccc(Cl)cc2c1C#Cc1ccc(C(=O)NO)nc1. The predicted octanol–water partition coefficient (Wildman–Crippen LogP) is 2.38. The molecule has 0 aliphatic heterocycles. The molecule has 3 aromatic rings. The van der Waals surface area contributed by atoms with Gasteiger partial charge >= 0.3 is 0 Å². The summed E-state index contributed by atoms with van der Waals surface area (Å²) in [5, 5.41) is 10.8. The molecular formula is C17H11ClN4O2. The van der Waals surface area contributed by atoms with Gasteiger partial charge in [-0.15, -0.1) is 0 Å². The highest BCUT2D eigenvalue weighted by Crippen LogP contribution is 2.24. The summed E-state index contributed by atoms with van der Waals surface area (Å²) in [4.78, 5) is 19.3. The Morgan fingerprint density at radius 3 is 2.71 bits per heavy atom. The number of carbonyl (C=O) groups excluding carboxylic acids is 1. The molecule has 0 saturated heterocycles. The minimum atomic E-state index is -0.688. The summed E-state index contributed by atoms with van der Waals surface area (Å²) in [6.07, 6.45) is 3.09. The maximum absolute atomic E-state index is 11.2. The summed E-state index contributed by atoms with van der Waals surface area (Å²) in [6, 6.07) is 8.47. The lowest BCUT2D eigenvalue weighted by molar-refractivity contribution is 0.0701. The number of pyridine rings is 2. The number of rotatable bonds is 1. The van der Waals surface area contributed by atoms with Crippen molar-refractivity contribution in [2.24, 2.45) is 0 Å². The van der Waals surface area contributed by atoms with E-state index in [1.54, 1.807) is 24.4 Å². The number of benzene rings is 1. The molecule has 0 fully saturated rings. The molecule has 6 nitrogen and oxygen atoms in total. The lowest BCUT2D eigenvalue weighted by Gasteiger charge is -2.04. The first-order valence-electron chi connectivity index (χ1n) is 6.85. The summed E-state index contributed by atoms with van der Waals surface area (Å²) in [7, 11) is 0. The van der Waals surface area contributed by atoms with Crippen molar-refractivity contribution in [3.8, 4) is 11.8 Å². The van der Waals surface area contributed by atoms with E-state index in [1.165, 1.54) is 17.7 Å². The maximum atomic E-state index is 11.2. The van der Waals surface area contributed by atoms with Crippen molar-refractivity contribution in [3.05, 3.63) is 64.6 Å². The zero-order chi connectivity index (χ0) is 17.1. The van der Waals surface area contributed by atoms with E-state index in [0.717, 1.165) is 10.8 Å². The summed E-state index contributed by atoms with van der Waals surface area (Å²) in [6.45, 7) is 0. The standard InChI is InChI=1S/C17H11ClN4O2/c18-12-4-3-11-9-21-16(19)13(14(11)7-12)5-1-10-2-6-15(20-8-10)17(23)22-24/h2-4,6-9,24H,(H2,19,21)(H,22,23). The molecule has 0 radical (unpaired) electrons. The lowest BCUT2D eigenvalue weighted by Crippen LogP contribution is -2.19. The van der Waals surface area contributed by atoms with Gasteiger partial charge in [0.2, 0.25) is 0 Å². The Labute approximate surface area is 142 Å². The molecule has 0 unspecified atom stereocenters. The van der Waals surface area contributed by atoms with Gasteiger partial charge in [0.25, 0.3) is 5.91 Å². The topological polar surface area (TPSA) is 101 Å². The zero-order valence-corrected chi connectivity index (χ0v) is 13.0. The minimum Gasteiger partial charge on any atom is -0.383 e. The first-order chi connectivity index (χ1) is 11.6. The highest BCUT2D eigenvalue weighted by atomic mass is 35.5. The second-order valence-electron chi connectivity index (χ2n) is 4.87. The summed E-state index contributed by atoms with van der Waals surface area (Å²) in [5.74, 6) is 5.52. The van der Waals surface area contributed by atoms with E-state index >= 15 is 0 Å². The van der Waals surface area contributed by atoms with E-state index in [-0.39, 0.29) is 5.69 Å². The monoisotopic (exact) mass is 338 g/mol. The van der Waals surface area contributed by atoms with Gasteiger partial charge in [0.05, 0.1) is 5.56 Å². The number of amides is 1. The van der Waals surface area contributed by atoms with E-state index in [1.807, 2.05) is 6.07 Å². The average molecular weight is 339 g/mol. The number of aromatic nitrogens is 2. The largest absolute Gasteiger partial charge is 0.383 e. The second kappa shape index (κ2) is 6.54. The van der Waals surface area contributed by atoms with E-state index in [2.05, 4.69) is 21.8 Å². The fraction of sp³-hybridized carbons (Fsp3) is 0. The van der Waals surface area contributed by atoms with Crippen molar-refractivity contribution in [1.82, 2.24) is 15.4 Å². The zero-order valence-electron chi connectivity index (χ0n) is 12.2. The first kappa shape index (κ1) is 15.7. The van der Waals surface area contributed by atoms with Gasteiger partial charge in [-0.2, -0.15) is 0 Å². The van der Waals surface area contributed by atoms with Crippen LogP contribution in [0.2, 0.25) is 5.02 Å². The van der Waals surface area contributed by atoms with Crippen LogP contribution >= 0.6 is 11.6 Å². The summed E-state index contributed by atoms with van der Waals surface area (Å²) in [5.41, 5.74) is 8.69. The van der Waals surface area contributed by atoms with Crippen molar-refractivity contribution in [2.75, 3.05) is 5.73 Å². The van der Waals surface area contributed by atoms with Crippen molar-refractivity contribution >= 4 is 34.1 Å². The van der Waals surface area contributed by atoms with Crippen LogP contribution in [0.15, 0.2) is 42.7 Å². The van der Waals surface area contributed by atoms with Crippen molar-refractivity contribution in [1.29, 1.82) is 0 Å². The number of carbonyl (C=O) groups is 1. The maximum Gasteiger partial charge on any atom is 0.293 e. The number of nitrogens with two attached hydrogens (primary N) is 1. The van der Waals surface area contributed by atoms with Crippen LogP contribution in [0.5, 0.6) is 0 Å². The Morgan fingerprint density at radius 1 is 1.17 bits per heavy atom. The average Bonchev–Trinajstić information content (AvgIpc) is 2.60. The number of hydrogen-bond acceptors (Lipinski definition) is 5. The molecule has 2 aromatic heterocycles. The van der Waals surface area contributed by atoms with Gasteiger partial charge in [-0.05, 0) is 24.3 Å². The highest BCUT2D eigenvalue weighted by Gasteiger charge is 2.06. The number of hydroxylamine groups is 1. The van der Waals surface area contributed by atoms with Crippen LogP contribution in [-0.2, 0) is 0 Å². The minimum absolute atomic E-state index is 0.0844. The summed E-state index contributed by atoms with van der Waals surface area (Å²) >= 11 is 6.04. The summed E-state index contributed by atoms with van der Waals surface area (Å²) < 4.78 is 0. The fourth-order valence-corrected chi connectivity index (χ4v) is 2.30. The van der Waals surface area contributed by atoms with Crippen LogP contribution in [-0.4, -0.2) is 21.1 Å². The molecule has 4 N–H and O–H groups in total. The van der Waals surface area contributed by atoms with Crippen LogP contribution in [0.4, 0.5) is 5.82 Å². The molecule has 1 aromatic carbocycles. The van der Waals surface area contributed by atoms with Gasteiger partial charge in [0.1, 0.15) is 11.5 Å². The van der Waals surface area contributed by atoms with Gasteiger partial charge in [-0.25, -0.2) is 15.4 Å². The number of nitrogens with zero attached hydrogens (tertiary/aromatic N) is 2. The molecule has 24 heavy (non-hydrogen) atoms. The van der Waals surface area contributed by atoms with E-state index in [9.17, 15) is 4.79 Å². The van der Waals surface area contributed by atoms with Gasteiger partial charge in [0.15, 0.2) is 0 Å². The molecule has 7 heteroatoms. The Balaban J connectivity index is 2.02. The van der Waals surface area contributed by atoms with Crippen molar-refractivity contribution in [3.63, 3.8) is 0 Å². The molecule has 118 valence electrons. The molecule has 0 spiro atoms. The molecule has 1 amide bonds. The van der Waals surface area contributed by atoms with Crippen LogP contribution in [0.25, 0.3) is 10.8 Å². The van der Waals surface area contributed by atoms with Crippen molar-refractivity contribution in [2.45, 2.75) is 0 Å². The molecule has 0 aliphatic carbocycles. The molecule has 3 rings (SSSR count). The Bertz CT molecular complexity index is 986. The number of hydrogen-bond donors (Lipinski definition) is 3. The number of nitrogens with one attached hydrogen (secondary N) is 1. The number of halogens is 1. The third kappa shape index (κ3) is 3.13. The highest BCUT2D eigenvalue weighted by molar-refractivity contribution is 6.31. The first-order valence-corrected chi connectivity index (χ1v) is 7.22. The molecule has 0 bridgehead atoms. The van der Waals surface area contributed by atoms with Gasteiger partial charge < -0.3 is 5.73 Å². The Kier molecular flexibility index (Phi) is 4.29. The van der Waals surface area contributed by atoms with E-state index < -0.39 is 5.91 Å². The molecular weight excluding hydrogens is 328 g/mol. The van der Waals surface area contributed by atoms with Gasteiger partial charge in [-0.3, -0.25) is 10.0 Å². The van der Waals surface area contributed by atoms with Crippen LogP contribution in [0, 0.1) is 11.8 Å². The Hall–Kier alpha value is -3.14. The van der Waals surface area contributed by atoms with E-state index in [0.29, 0.717) is 22.0 Å². The van der Waals surface area contributed by atoms with Gasteiger partial charge in [0, 0.05) is 33.8 Å². The van der Waals surface area contributed by atoms with Gasteiger partial charge in [-0.1, -0.05) is 29.5 Å². The molecule has 0 atom stereocenters. The van der Waals surface area contributed by atoms with Crippen LogP contribution < -0.4 is 11.2 Å². The van der Waals surface area contributed by atoms with Crippen LogP contribution in [0.3, 0.4) is 0 Å². The third-order valence-corrected chi connectivity index (χ3v) is 3.55. The normalized spacial score (nSPS) is 10.1. The Morgan fingerprint density at radius 2 is 2.00 bits per heavy atom. The smallest absolute Gasteiger partial charge is 0.293 e. The van der Waals surface area contributed by atoms with E-state index in [4.69, 9.17) is 22.5 Å².